The Bertz CT molecular complexity index is 1350. The predicted octanol–water partition coefficient (Wildman–Crippen LogP) is 4.34. The second kappa shape index (κ2) is 8.80. The highest BCUT2D eigenvalue weighted by Gasteiger charge is 2.22. The summed E-state index contributed by atoms with van der Waals surface area (Å²) < 4.78 is 35.7. The van der Waals surface area contributed by atoms with Crippen LogP contribution in [0.2, 0.25) is 0 Å². The number of ether oxygens (including phenoxy) is 1. The molecule has 2 heterocycles. The van der Waals surface area contributed by atoms with Gasteiger partial charge < -0.3 is 4.74 Å². The molecule has 0 atom stereocenters. The Morgan fingerprint density at radius 1 is 1.03 bits per heavy atom. The molecule has 1 N–H and O–H groups in total. The van der Waals surface area contributed by atoms with Crippen molar-refractivity contribution in [3.8, 4) is 22.9 Å². The Kier molecular flexibility index (Phi) is 5.91. The minimum atomic E-state index is -3.92. The molecule has 2 aromatic heterocycles. The first-order valence-electron chi connectivity index (χ1n) is 10.1. The van der Waals surface area contributed by atoms with Gasteiger partial charge in [0.2, 0.25) is 11.8 Å². The molecular weight excluding hydrogens is 426 g/mol. The average molecular weight is 450 g/mol. The summed E-state index contributed by atoms with van der Waals surface area (Å²) in [6.07, 6.45) is 3.28. The summed E-state index contributed by atoms with van der Waals surface area (Å²) in [7, 11) is -2.28. The third kappa shape index (κ3) is 4.47. The summed E-state index contributed by atoms with van der Waals surface area (Å²) in [5.41, 5.74) is 3.29. The Morgan fingerprint density at radius 2 is 1.75 bits per heavy atom. The zero-order chi connectivity index (χ0) is 22.7. The van der Waals surface area contributed by atoms with Crippen LogP contribution in [-0.2, 0) is 23.5 Å². The number of benzene rings is 2. The molecule has 0 aliphatic rings. The Balaban J connectivity index is 1.85. The van der Waals surface area contributed by atoms with Crippen molar-refractivity contribution in [3.63, 3.8) is 0 Å². The van der Waals surface area contributed by atoms with Gasteiger partial charge in [-0.1, -0.05) is 49.4 Å². The molecule has 9 heteroatoms. The predicted molar refractivity (Wildman–Crippen MR) is 122 cm³/mol. The molecule has 164 valence electrons. The molecule has 0 saturated carbocycles. The molecule has 0 unspecified atom stereocenters. The van der Waals surface area contributed by atoms with Gasteiger partial charge in [-0.25, -0.2) is 18.1 Å². The van der Waals surface area contributed by atoms with Crippen molar-refractivity contribution >= 4 is 16.0 Å². The fourth-order valence-electron chi connectivity index (χ4n) is 3.29. The number of nitrogens with one attached hydrogen (secondary N) is 1. The number of anilines is 1. The van der Waals surface area contributed by atoms with E-state index in [-0.39, 0.29) is 10.8 Å². The Labute approximate surface area is 187 Å². The number of rotatable bonds is 7. The maximum Gasteiger partial charge on any atom is 0.267 e. The number of aryl methyl sites for hydroxylation is 2. The van der Waals surface area contributed by atoms with Gasteiger partial charge in [0.1, 0.15) is 10.6 Å². The van der Waals surface area contributed by atoms with E-state index in [1.807, 2.05) is 68.4 Å². The van der Waals surface area contributed by atoms with Crippen LogP contribution in [0, 0.1) is 6.92 Å². The van der Waals surface area contributed by atoms with Crippen molar-refractivity contribution in [2.24, 2.45) is 7.05 Å². The SMILES string of the molecule is CCc1c(Oc2ccccc2)nc(NS(=O)(=O)c2cnn(C)c2)nc1-c1ccccc1C. The first-order valence-corrected chi connectivity index (χ1v) is 11.6. The zero-order valence-corrected chi connectivity index (χ0v) is 18.8. The maximum atomic E-state index is 12.9. The molecule has 0 saturated heterocycles. The van der Waals surface area contributed by atoms with Crippen molar-refractivity contribution in [2.45, 2.75) is 25.2 Å². The van der Waals surface area contributed by atoms with Crippen LogP contribution in [0.5, 0.6) is 11.6 Å². The largest absolute Gasteiger partial charge is 0.439 e. The fraction of sp³-hybridized carbons (Fsp3) is 0.174. The quantitative estimate of drug-likeness (QED) is 0.451. The number of para-hydroxylation sites is 1. The summed E-state index contributed by atoms with van der Waals surface area (Å²) in [6.45, 7) is 3.96. The van der Waals surface area contributed by atoms with Gasteiger partial charge in [-0.2, -0.15) is 10.1 Å². The number of sulfonamides is 1. The molecule has 0 radical (unpaired) electrons. The van der Waals surface area contributed by atoms with Gasteiger partial charge in [-0.3, -0.25) is 4.68 Å². The molecule has 2 aromatic carbocycles. The molecule has 0 bridgehead atoms. The van der Waals surface area contributed by atoms with Crippen LogP contribution in [0.25, 0.3) is 11.3 Å². The van der Waals surface area contributed by atoms with E-state index in [1.165, 1.54) is 17.1 Å². The second-order valence-electron chi connectivity index (χ2n) is 7.22. The second-order valence-corrected chi connectivity index (χ2v) is 8.90. The van der Waals surface area contributed by atoms with Gasteiger partial charge in [0, 0.05) is 24.4 Å². The first kappa shape index (κ1) is 21.5. The normalized spacial score (nSPS) is 11.3. The molecule has 0 amide bonds. The molecule has 0 fully saturated rings. The average Bonchev–Trinajstić information content (AvgIpc) is 3.22. The van der Waals surface area contributed by atoms with Crippen LogP contribution >= 0.6 is 0 Å². The molecule has 0 aliphatic carbocycles. The molecule has 4 rings (SSSR count). The lowest BCUT2D eigenvalue weighted by Gasteiger charge is -2.16. The molecule has 32 heavy (non-hydrogen) atoms. The van der Waals surface area contributed by atoms with Crippen molar-refractivity contribution in [2.75, 3.05) is 4.72 Å². The minimum absolute atomic E-state index is 0.0196. The van der Waals surface area contributed by atoms with E-state index in [4.69, 9.17) is 4.74 Å². The van der Waals surface area contributed by atoms with Gasteiger partial charge in [-0.05, 0) is 31.0 Å². The van der Waals surface area contributed by atoms with Crippen LogP contribution in [0.15, 0.2) is 71.9 Å². The third-order valence-electron chi connectivity index (χ3n) is 4.90. The monoisotopic (exact) mass is 449 g/mol. The van der Waals surface area contributed by atoms with Gasteiger partial charge in [-0.15, -0.1) is 0 Å². The van der Waals surface area contributed by atoms with Crippen LogP contribution < -0.4 is 9.46 Å². The zero-order valence-electron chi connectivity index (χ0n) is 18.0. The van der Waals surface area contributed by atoms with Crippen molar-refractivity contribution < 1.29 is 13.2 Å². The summed E-state index contributed by atoms with van der Waals surface area (Å²) in [6, 6.07) is 17.0. The summed E-state index contributed by atoms with van der Waals surface area (Å²) in [5, 5.41) is 3.93. The van der Waals surface area contributed by atoms with E-state index in [2.05, 4.69) is 19.8 Å². The third-order valence-corrected chi connectivity index (χ3v) is 6.18. The van der Waals surface area contributed by atoms with Crippen LogP contribution in [0.3, 0.4) is 0 Å². The van der Waals surface area contributed by atoms with Crippen LogP contribution in [-0.4, -0.2) is 28.2 Å². The molecular formula is C23H23N5O3S. The molecule has 0 aliphatic heterocycles. The molecule has 4 aromatic rings. The van der Waals surface area contributed by atoms with Gasteiger partial charge >= 0.3 is 0 Å². The number of aromatic nitrogens is 4. The highest BCUT2D eigenvalue weighted by molar-refractivity contribution is 7.92. The van der Waals surface area contributed by atoms with E-state index >= 15 is 0 Å². The van der Waals surface area contributed by atoms with Gasteiger partial charge in [0.25, 0.3) is 10.0 Å². The molecule has 8 nitrogen and oxygen atoms in total. The maximum absolute atomic E-state index is 12.9. The molecule has 0 spiro atoms. The minimum Gasteiger partial charge on any atom is -0.439 e. The van der Waals surface area contributed by atoms with Crippen molar-refractivity contribution in [1.29, 1.82) is 0 Å². The Morgan fingerprint density at radius 3 is 2.41 bits per heavy atom. The highest BCUT2D eigenvalue weighted by Crippen LogP contribution is 2.34. The lowest BCUT2D eigenvalue weighted by Crippen LogP contribution is -2.16. The van der Waals surface area contributed by atoms with E-state index < -0.39 is 10.0 Å². The topological polar surface area (TPSA) is 99.0 Å². The number of nitrogens with zero attached hydrogens (tertiary/aromatic N) is 4. The van der Waals surface area contributed by atoms with E-state index in [9.17, 15) is 8.42 Å². The lowest BCUT2D eigenvalue weighted by molar-refractivity contribution is 0.456. The van der Waals surface area contributed by atoms with Crippen molar-refractivity contribution in [3.05, 3.63) is 78.1 Å². The van der Waals surface area contributed by atoms with E-state index in [0.717, 1.165) is 16.7 Å². The van der Waals surface area contributed by atoms with Crippen LogP contribution in [0.4, 0.5) is 5.95 Å². The Hall–Kier alpha value is -3.72. The van der Waals surface area contributed by atoms with E-state index in [1.54, 1.807) is 7.05 Å². The van der Waals surface area contributed by atoms with Gasteiger partial charge in [0.15, 0.2) is 0 Å². The number of hydrogen-bond acceptors (Lipinski definition) is 6. The summed E-state index contributed by atoms with van der Waals surface area (Å²) in [5.74, 6) is 0.823. The fourth-order valence-corrected chi connectivity index (χ4v) is 4.22. The summed E-state index contributed by atoms with van der Waals surface area (Å²) in [4.78, 5) is 9.03. The van der Waals surface area contributed by atoms with Crippen LogP contribution in [0.1, 0.15) is 18.1 Å². The highest BCUT2D eigenvalue weighted by atomic mass is 32.2. The number of hydrogen-bond donors (Lipinski definition) is 1. The first-order chi connectivity index (χ1) is 15.4. The van der Waals surface area contributed by atoms with E-state index in [0.29, 0.717) is 23.7 Å². The van der Waals surface area contributed by atoms with Crippen molar-refractivity contribution in [1.82, 2.24) is 19.7 Å². The standard InChI is InChI=1S/C23H23N5O3S/c1-4-19-21(20-13-9-8-10-16(20)2)25-23(26-22(19)31-17-11-6-5-7-12-17)27-32(29,30)18-14-24-28(3)15-18/h5-15H,4H2,1-3H3,(H,25,26,27). The summed E-state index contributed by atoms with van der Waals surface area (Å²) >= 11 is 0. The van der Waals surface area contributed by atoms with Gasteiger partial charge in [0.05, 0.1) is 11.9 Å². The lowest BCUT2D eigenvalue weighted by atomic mass is 10.0. The smallest absolute Gasteiger partial charge is 0.267 e.